The number of carbonyl (C=O) groups is 4. The number of aliphatic hydroxyl groups excluding tert-OH is 6. The summed E-state index contributed by atoms with van der Waals surface area (Å²) in [7, 11) is 1.07. The maximum absolute atomic E-state index is 14.0. The lowest BCUT2D eigenvalue weighted by atomic mass is 9.38. The number of carbonyl (C=O) groups excluding carboxylic acids is 4. The number of Topliss-reactive ketones (excluding diaryl/α,β-unsaturated/α-hetero) is 1. The third-order valence-corrected chi connectivity index (χ3v) is 11.7. The Balaban J connectivity index is 1.44. The number of hydrogen-bond donors (Lipinski definition) is 6. The maximum Gasteiger partial charge on any atom is 0.348 e. The van der Waals surface area contributed by atoms with Gasteiger partial charge in [-0.25, -0.2) is 9.59 Å². The average molecular weight is 685 g/mol. The first-order valence-electron chi connectivity index (χ1n) is 16.2. The fourth-order valence-corrected chi connectivity index (χ4v) is 9.81. The first-order valence-corrected chi connectivity index (χ1v) is 16.2. The van der Waals surface area contributed by atoms with Gasteiger partial charge in [-0.05, 0) is 36.2 Å². The lowest BCUT2D eigenvalue weighted by Gasteiger charge is -2.67. The third-order valence-electron chi connectivity index (χ3n) is 11.7. The van der Waals surface area contributed by atoms with Gasteiger partial charge >= 0.3 is 17.9 Å². The summed E-state index contributed by atoms with van der Waals surface area (Å²) < 4.78 is 34.2. The highest BCUT2D eigenvalue weighted by Crippen LogP contribution is 2.73. The molecule has 268 valence electrons. The molecule has 0 aromatic heterocycles. The van der Waals surface area contributed by atoms with E-state index in [0.29, 0.717) is 5.57 Å². The highest BCUT2D eigenvalue weighted by atomic mass is 16.7. The van der Waals surface area contributed by atoms with Gasteiger partial charge in [0.2, 0.25) is 18.0 Å². The number of fused-ring (bicyclic) bond motifs is 2. The van der Waals surface area contributed by atoms with Crippen molar-refractivity contribution in [1.29, 1.82) is 0 Å². The molecule has 0 aromatic carbocycles. The molecule has 48 heavy (non-hydrogen) atoms. The number of ketones is 1. The second-order valence-electron chi connectivity index (χ2n) is 14.7. The Hall–Kier alpha value is -2.70. The van der Waals surface area contributed by atoms with Crippen LogP contribution >= 0.6 is 0 Å². The van der Waals surface area contributed by atoms with Gasteiger partial charge in [0.25, 0.3) is 0 Å². The smallest absolute Gasteiger partial charge is 0.348 e. The Morgan fingerprint density at radius 1 is 1.02 bits per heavy atom. The van der Waals surface area contributed by atoms with Gasteiger partial charge in [0, 0.05) is 24.2 Å². The van der Waals surface area contributed by atoms with Crippen molar-refractivity contribution in [2.24, 2.45) is 34.5 Å². The third kappa shape index (κ3) is 4.63. The van der Waals surface area contributed by atoms with E-state index < -0.39 is 120 Å². The molecule has 2 saturated carbocycles. The predicted molar refractivity (Wildman–Crippen MR) is 155 cm³/mol. The molecular formula is C32H44O16. The van der Waals surface area contributed by atoms with Crippen molar-refractivity contribution in [2.75, 3.05) is 20.3 Å². The lowest BCUT2D eigenvalue weighted by Crippen LogP contribution is -2.79. The number of rotatable bonds is 7. The van der Waals surface area contributed by atoms with Crippen LogP contribution in [0.3, 0.4) is 0 Å². The Bertz CT molecular complexity index is 1390. The molecular weight excluding hydrogens is 640 g/mol. The summed E-state index contributed by atoms with van der Waals surface area (Å²) in [5, 5.41) is 64.4. The minimum absolute atomic E-state index is 0.0476. The molecule has 0 amide bonds. The van der Waals surface area contributed by atoms with E-state index in [1.807, 2.05) is 0 Å². The quantitative estimate of drug-likeness (QED) is 0.124. The van der Waals surface area contributed by atoms with Crippen LogP contribution in [0.4, 0.5) is 0 Å². The van der Waals surface area contributed by atoms with Gasteiger partial charge in [-0.15, -0.1) is 0 Å². The fraction of sp³-hybridized carbons (Fsp3) is 0.812. The van der Waals surface area contributed by atoms with Gasteiger partial charge in [0.15, 0.2) is 11.5 Å². The van der Waals surface area contributed by atoms with Gasteiger partial charge in [-0.2, -0.15) is 0 Å². The SMILES string of the molecule is COC(=O)[C@@]12OC[C@]34C([C@@H](O)C1O)[C@@]1(C)CC(=O)C(O[C@@H]5O[C@H](CO)[C@@H](O)[C@@H](O)[C@H]5O)=C(C)C1C[C@H]3OC(=O)[C@H](OC(=O)CC(C)C)[C@H]42. The number of methoxy groups -OCH3 is 1. The van der Waals surface area contributed by atoms with E-state index in [9.17, 15) is 49.8 Å². The second-order valence-corrected chi connectivity index (χ2v) is 14.7. The van der Waals surface area contributed by atoms with E-state index in [0.717, 1.165) is 7.11 Å². The van der Waals surface area contributed by atoms with Gasteiger partial charge in [0.05, 0.1) is 32.3 Å². The Kier molecular flexibility index (Phi) is 8.76. The minimum Gasteiger partial charge on any atom is -0.467 e. The molecule has 0 aromatic rings. The summed E-state index contributed by atoms with van der Waals surface area (Å²) >= 11 is 0. The summed E-state index contributed by atoms with van der Waals surface area (Å²) in [6.07, 6.45) is -14.8. The monoisotopic (exact) mass is 684 g/mol. The predicted octanol–water partition coefficient (Wildman–Crippen LogP) is -2.14. The molecule has 3 saturated heterocycles. The lowest BCUT2D eigenvalue weighted by molar-refractivity contribution is -0.296. The Labute approximate surface area is 275 Å². The van der Waals surface area contributed by atoms with Gasteiger partial charge in [-0.1, -0.05) is 20.8 Å². The largest absolute Gasteiger partial charge is 0.467 e. The van der Waals surface area contributed by atoms with Gasteiger partial charge < -0.3 is 59.1 Å². The van der Waals surface area contributed by atoms with E-state index in [1.54, 1.807) is 27.7 Å². The van der Waals surface area contributed by atoms with Crippen molar-refractivity contribution >= 4 is 23.7 Å². The van der Waals surface area contributed by atoms with Crippen LogP contribution in [0, 0.1) is 34.5 Å². The van der Waals surface area contributed by atoms with Crippen LogP contribution in [0.5, 0.6) is 0 Å². The van der Waals surface area contributed by atoms with E-state index >= 15 is 0 Å². The second kappa shape index (κ2) is 12.0. The Morgan fingerprint density at radius 3 is 2.33 bits per heavy atom. The molecule has 16 heteroatoms. The van der Waals surface area contributed by atoms with E-state index in [2.05, 4.69) is 0 Å². The van der Waals surface area contributed by atoms with Crippen molar-refractivity contribution < 1.29 is 78.2 Å². The molecule has 3 unspecified atom stereocenters. The van der Waals surface area contributed by atoms with E-state index in [4.69, 9.17) is 28.4 Å². The van der Waals surface area contributed by atoms with Crippen molar-refractivity contribution in [2.45, 2.75) is 108 Å². The van der Waals surface area contributed by atoms with Crippen LogP contribution in [-0.2, 0) is 47.6 Å². The van der Waals surface area contributed by atoms with Crippen molar-refractivity contribution in [3.8, 4) is 0 Å². The van der Waals surface area contributed by atoms with Gasteiger partial charge in [0.1, 0.15) is 36.6 Å². The van der Waals surface area contributed by atoms with Crippen LogP contribution in [-0.4, -0.2) is 135 Å². The highest BCUT2D eigenvalue weighted by Gasteiger charge is 2.85. The zero-order valence-corrected chi connectivity index (χ0v) is 27.3. The van der Waals surface area contributed by atoms with Crippen LogP contribution < -0.4 is 0 Å². The topological polar surface area (TPSA) is 245 Å². The van der Waals surface area contributed by atoms with E-state index in [-0.39, 0.29) is 37.5 Å². The Morgan fingerprint density at radius 2 is 1.71 bits per heavy atom. The van der Waals surface area contributed by atoms with Gasteiger partial charge in [-0.3, -0.25) is 9.59 Å². The maximum atomic E-state index is 14.0. The molecule has 6 N–H and O–H groups in total. The summed E-state index contributed by atoms with van der Waals surface area (Å²) in [4.78, 5) is 54.2. The van der Waals surface area contributed by atoms with Crippen molar-refractivity contribution in [3.63, 3.8) is 0 Å². The zero-order valence-electron chi connectivity index (χ0n) is 27.3. The first kappa shape index (κ1) is 35.1. The molecule has 3 heterocycles. The summed E-state index contributed by atoms with van der Waals surface area (Å²) in [6, 6.07) is 0. The number of esters is 3. The molecule has 16 nitrogen and oxygen atoms in total. The molecule has 2 bridgehead atoms. The van der Waals surface area contributed by atoms with Crippen LogP contribution in [0.2, 0.25) is 0 Å². The summed E-state index contributed by atoms with van der Waals surface area (Å²) in [5.74, 6) is -6.74. The standard InChI is InChI=1S/C32H44O16/c1-11(2)6-17(35)47-23-25-31-10-44-32(25,29(42)43-5)26(40)21(39)24(31)30(4)8-14(34)22(12(3)13(30)7-16(31)46-27(23)41)48-28-20(38)19(37)18(36)15(9-33)45-28/h11,13,15-16,18-21,23-26,28,33,36-40H,6-10H2,1-5H3/t13?,15-,16-,18-,19-,20-,21-,23-,24?,25-,26?,28+,30+,31-,32+/m1/s1. The molecule has 1 spiro atoms. The molecule has 3 aliphatic heterocycles. The van der Waals surface area contributed by atoms with Crippen LogP contribution in [0.1, 0.15) is 47.0 Å². The number of ether oxygens (including phenoxy) is 6. The number of aliphatic hydroxyl groups is 6. The zero-order chi connectivity index (χ0) is 35.2. The normalized spacial score (nSPS) is 48.0. The molecule has 6 aliphatic rings. The molecule has 6 rings (SSSR count). The van der Waals surface area contributed by atoms with E-state index in [1.165, 1.54) is 0 Å². The van der Waals surface area contributed by atoms with Crippen LogP contribution in [0.25, 0.3) is 0 Å². The molecule has 5 fully saturated rings. The molecule has 0 radical (unpaired) electrons. The minimum atomic E-state index is -2.30. The van der Waals surface area contributed by atoms with Crippen molar-refractivity contribution in [3.05, 3.63) is 11.3 Å². The molecule has 3 aliphatic carbocycles. The summed E-state index contributed by atoms with van der Waals surface area (Å²) in [6.45, 7) is 5.88. The summed E-state index contributed by atoms with van der Waals surface area (Å²) in [5.41, 5.74) is -4.55. The van der Waals surface area contributed by atoms with Crippen LogP contribution in [0.15, 0.2) is 11.3 Å². The number of hydrogen-bond acceptors (Lipinski definition) is 16. The van der Waals surface area contributed by atoms with Crippen molar-refractivity contribution in [1.82, 2.24) is 0 Å². The first-order chi connectivity index (χ1) is 22.5. The fourth-order valence-electron chi connectivity index (χ4n) is 9.81. The average Bonchev–Trinajstić information content (AvgIpc) is 3.33. The molecule has 15 atom stereocenters. The number of allylic oxidation sites excluding steroid dienone is 2. The highest BCUT2D eigenvalue weighted by molar-refractivity contribution is 5.96.